The number of fused-ring (bicyclic) bond motifs is 1. The quantitative estimate of drug-likeness (QED) is 0.0789. The van der Waals surface area contributed by atoms with E-state index in [0.717, 1.165) is 51.0 Å². The Kier molecular flexibility index (Phi) is 11.2. The van der Waals surface area contributed by atoms with E-state index in [1.807, 2.05) is 48.5 Å². The van der Waals surface area contributed by atoms with Crippen molar-refractivity contribution in [2.45, 2.75) is 103 Å². The van der Waals surface area contributed by atoms with Gasteiger partial charge in [-0.15, -0.1) is 0 Å². The van der Waals surface area contributed by atoms with Gasteiger partial charge in [-0.3, -0.25) is 0 Å². The minimum Gasteiger partial charge on any atom is -0.743 e. The number of carbonyl (C=O) groups is 1. The molecule has 0 N–H and O–H groups in total. The Morgan fingerprint density at radius 3 is 1.64 bits per heavy atom. The van der Waals surface area contributed by atoms with E-state index in [-0.39, 0.29) is 40.9 Å². The van der Waals surface area contributed by atoms with E-state index in [1.54, 1.807) is 0 Å². The van der Waals surface area contributed by atoms with Crippen molar-refractivity contribution in [3.63, 3.8) is 0 Å². The lowest BCUT2D eigenvalue weighted by atomic mass is 9.50. The molecule has 0 saturated heterocycles. The molecule has 0 spiro atoms. The van der Waals surface area contributed by atoms with Crippen LogP contribution in [0.3, 0.4) is 0 Å². The number of alkyl halides is 2. The van der Waals surface area contributed by atoms with E-state index in [2.05, 4.69) is 93.6 Å². The average molecular weight is 863 g/mol. The number of esters is 1. The van der Waals surface area contributed by atoms with Crippen LogP contribution in [-0.2, 0) is 30.5 Å². The molecule has 318 valence electrons. The Balaban J connectivity index is 0.000000171. The highest BCUT2D eigenvalue weighted by molar-refractivity contribution is 7.97. The third-order valence-electron chi connectivity index (χ3n) is 14.3. The van der Waals surface area contributed by atoms with Gasteiger partial charge < -0.3 is 14.0 Å². The predicted octanol–water partition coefficient (Wildman–Crippen LogP) is 11.3. The standard InChI is InChI=1S/C33H37O3S.C18H16F2O3S/c1-22-14-30(37(28-10-6-4-7-11-28)29-12-8-5-9-13-29)15-23(2)32(22)35-21-31(34)36-33(3)26-17-24-16-25(19-26)20-27(33)18-24;19-18(20,24(21,22)23)10-11-9-16-12-5-1-3-7-14(12)17(11)15-8-4-2-6-13(15)16/h4-15,24-27H,16-21H2,1-3H3;1-8,11,16-17H,9-10H2,(H,21,22,23)/q+1;/p-1. The highest BCUT2D eigenvalue weighted by Gasteiger charge is 2.57. The van der Waals surface area contributed by atoms with E-state index in [9.17, 15) is 26.5 Å². The number of hydrogen-bond acceptors (Lipinski definition) is 6. The summed E-state index contributed by atoms with van der Waals surface area (Å²) in [6, 6.07) is 41.2. The Labute approximate surface area is 361 Å². The van der Waals surface area contributed by atoms with Gasteiger partial charge in [-0.1, -0.05) is 84.9 Å². The highest BCUT2D eigenvalue weighted by Crippen LogP contribution is 2.60. The molecular weight excluding hydrogens is 811 g/mol. The minimum absolute atomic E-state index is 0.0300. The van der Waals surface area contributed by atoms with Crippen LogP contribution in [0.4, 0.5) is 8.78 Å². The van der Waals surface area contributed by atoms with Crippen molar-refractivity contribution in [1.82, 2.24) is 0 Å². The molecule has 0 amide bonds. The molecule has 0 heterocycles. The molecular formula is C51H52F2O6S2. The van der Waals surface area contributed by atoms with Gasteiger partial charge in [0.25, 0.3) is 0 Å². The van der Waals surface area contributed by atoms with Crippen molar-refractivity contribution < 1.29 is 36.0 Å². The molecule has 0 aromatic heterocycles. The second-order valence-corrected chi connectivity index (χ2v) is 21.7. The molecule has 4 fully saturated rings. The van der Waals surface area contributed by atoms with Crippen LogP contribution in [0, 0.1) is 43.4 Å². The number of hydrogen-bond donors (Lipinski definition) is 0. The third kappa shape index (κ3) is 7.93. The molecule has 7 aliphatic rings. The number of benzene rings is 5. The Morgan fingerprint density at radius 1 is 0.705 bits per heavy atom. The maximum Gasteiger partial charge on any atom is 0.344 e. The summed E-state index contributed by atoms with van der Waals surface area (Å²) in [6.45, 7) is 6.31. The summed E-state index contributed by atoms with van der Waals surface area (Å²) < 4.78 is 72.9. The summed E-state index contributed by atoms with van der Waals surface area (Å²) in [5, 5.41) is -4.24. The zero-order valence-electron chi connectivity index (χ0n) is 34.8. The topological polar surface area (TPSA) is 92.7 Å². The predicted molar refractivity (Wildman–Crippen MR) is 232 cm³/mol. The van der Waals surface area contributed by atoms with Gasteiger partial charge in [-0.25, -0.2) is 13.2 Å². The zero-order valence-corrected chi connectivity index (χ0v) is 36.4. The van der Waals surface area contributed by atoms with Gasteiger partial charge in [0.2, 0.25) is 0 Å². The van der Waals surface area contributed by atoms with E-state index < -0.39 is 27.7 Å². The van der Waals surface area contributed by atoms with Crippen LogP contribution < -0.4 is 4.74 Å². The second kappa shape index (κ2) is 16.3. The number of aryl methyl sites for hydroxylation is 2. The molecule has 61 heavy (non-hydrogen) atoms. The van der Waals surface area contributed by atoms with E-state index in [4.69, 9.17) is 9.47 Å². The van der Waals surface area contributed by atoms with E-state index >= 15 is 0 Å². The van der Waals surface area contributed by atoms with Crippen LogP contribution in [-0.4, -0.2) is 36.4 Å². The monoisotopic (exact) mass is 862 g/mol. The van der Waals surface area contributed by atoms with E-state index in [0.29, 0.717) is 18.3 Å². The molecule has 1 unspecified atom stereocenters. The van der Waals surface area contributed by atoms with Gasteiger partial charge in [0, 0.05) is 30.4 Å². The Bertz CT molecular complexity index is 2390. The SMILES string of the molecule is Cc1cc([S+](c2ccccc2)c2ccccc2)cc(C)c1OCC(=O)OC1(C)C2CC3CC(C2)CC1C3.O=S(=O)([O-])C(F)(F)CC1CC2c3ccccc3C1c1ccccc12. The Morgan fingerprint density at radius 2 is 1.16 bits per heavy atom. The molecule has 4 saturated carbocycles. The van der Waals surface area contributed by atoms with E-state index in [1.165, 1.54) is 46.8 Å². The molecule has 5 aromatic carbocycles. The van der Waals surface area contributed by atoms with Crippen molar-refractivity contribution >= 4 is 27.0 Å². The average Bonchev–Trinajstić information content (AvgIpc) is 3.23. The summed E-state index contributed by atoms with van der Waals surface area (Å²) in [4.78, 5) is 16.9. The minimum atomic E-state index is -5.66. The number of rotatable bonds is 10. The first-order valence-electron chi connectivity index (χ1n) is 21.5. The van der Waals surface area contributed by atoms with Crippen LogP contribution in [0.25, 0.3) is 0 Å². The number of ether oxygens (including phenoxy) is 2. The fraction of sp³-hybridized carbons (Fsp3) is 0.392. The molecule has 10 heteroatoms. The van der Waals surface area contributed by atoms with Crippen molar-refractivity contribution in [3.8, 4) is 5.75 Å². The van der Waals surface area contributed by atoms with Crippen LogP contribution in [0.2, 0.25) is 0 Å². The van der Waals surface area contributed by atoms with Crippen LogP contribution >= 0.6 is 0 Å². The Hall–Kier alpha value is -4.51. The summed E-state index contributed by atoms with van der Waals surface area (Å²) in [5.74, 6) is 2.41. The second-order valence-electron chi connectivity index (χ2n) is 18.1. The molecule has 5 aromatic rings. The zero-order chi connectivity index (χ0) is 42.7. The van der Waals surface area contributed by atoms with Gasteiger partial charge in [0.05, 0.1) is 10.9 Å². The lowest BCUT2D eigenvalue weighted by Gasteiger charge is -2.59. The summed E-state index contributed by atoms with van der Waals surface area (Å²) in [7, 11) is -5.87. The fourth-order valence-electron chi connectivity index (χ4n) is 11.8. The smallest absolute Gasteiger partial charge is 0.344 e. The molecule has 0 radical (unpaired) electrons. The maximum atomic E-state index is 13.9. The molecule has 0 aliphatic heterocycles. The van der Waals surface area contributed by atoms with Gasteiger partial charge in [0.15, 0.2) is 31.4 Å². The summed E-state index contributed by atoms with van der Waals surface area (Å²) >= 11 is 0. The van der Waals surface area contributed by atoms with Crippen molar-refractivity contribution in [2.75, 3.05) is 6.61 Å². The summed E-state index contributed by atoms with van der Waals surface area (Å²) in [5.41, 5.74) is 5.95. The lowest BCUT2D eigenvalue weighted by molar-refractivity contribution is -0.204. The number of carbonyl (C=O) groups excluding carboxylic acids is 1. The number of halogens is 2. The van der Waals surface area contributed by atoms with Gasteiger partial charge in [-0.2, -0.15) is 8.78 Å². The van der Waals surface area contributed by atoms with Crippen molar-refractivity contribution in [2.24, 2.45) is 29.6 Å². The van der Waals surface area contributed by atoms with Crippen LogP contribution in [0.15, 0.2) is 136 Å². The van der Waals surface area contributed by atoms with Gasteiger partial charge in [-0.05, 0) is 147 Å². The fourth-order valence-corrected chi connectivity index (χ4v) is 14.5. The van der Waals surface area contributed by atoms with Crippen LogP contribution in [0.1, 0.15) is 97.1 Å². The lowest BCUT2D eigenvalue weighted by Crippen LogP contribution is -2.58. The van der Waals surface area contributed by atoms with Crippen molar-refractivity contribution in [1.29, 1.82) is 0 Å². The molecule has 12 rings (SSSR count). The largest absolute Gasteiger partial charge is 0.743 e. The summed E-state index contributed by atoms with van der Waals surface area (Å²) in [6.07, 6.45) is 5.80. The molecule has 6 bridgehead atoms. The third-order valence-corrected chi connectivity index (χ3v) is 17.4. The normalized spacial score (nSPS) is 26.8. The van der Waals surface area contributed by atoms with Crippen LogP contribution in [0.5, 0.6) is 5.75 Å². The molecule has 7 aliphatic carbocycles. The van der Waals surface area contributed by atoms with Gasteiger partial charge in [0.1, 0.15) is 11.4 Å². The van der Waals surface area contributed by atoms with Gasteiger partial charge >= 0.3 is 11.2 Å². The molecule has 1 atom stereocenters. The molecule has 6 nitrogen and oxygen atoms in total. The maximum absolute atomic E-state index is 13.9. The first kappa shape index (κ1) is 41.8. The highest BCUT2D eigenvalue weighted by atomic mass is 32.2. The first-order valence-corrected chi connectivity index (χ1v) is 24.1. The first-order chi connectivity index (χ1) is 29.2. The van der Waals surface area contributed by atoms with Crippen molar-refractivity contribution in [3.05, 3.63) is 155 Å².